The molecule has 3 aromatic rings. The molecule has 1 amide bonds. The molecule has 0 fully saturated rings. The summed E-state index contributed by atoms with van der Waals surface area (Å²) >= 11 is 1.59. The van der Waals surface area contributed by atoms with Crippen molar-refractivity contribution in [1.82, 2.24) is 5.32 Å². The Labute approximate surface area is 163 Å². The van der Waals surface area contributed by atoms with E-state index in [1.807, 2.05) is 47.8 Å². The zero-order valence-corrected chi connectivity index (χ0v) is 16.4. The van der Waals surface area contributed by atoms with Gasteiger partial charge in [0.2, 0.25) is 5.91 Å². The molecule has 0 aliphatic rings. The Balaban J connectivity index is 1.69. The average Bonchev–Trinajstić information content (AvgIpc) is 3.19. The SMILES string of the molecule is CS(=O)(=O)c1cccc(NCC(=O)N[C@@H](c2ccccc2)c2cccs2)c1. The zero-order chi connectivity index (χ0) is 19.3. The first-order chi connectivity index (χ1) is 12.9. The van der Waals surface area contributed by atoms with E-state index in [4.69, 9.17) is 0 Å². The van der Waals surface area contributed by atoms with Gasteiger partial charge in [-0.25, -0.2) is 8.42 Å². The minimum atomic E-state index is -3.29. The third-order valence-corrected chi connectivity index (χ3v) is 6.03. The van der Waals surface area contributed by atoms with E-state index in [0.717, 1.165) is 16.7 Å². The average molecular weight is 401 g/mol. The molecule has 1 heterocycles. The molecule has 27 heavy (non-hydrogen) atoms. The number of sulfone groups is 1. The molecule has 0 bridgehead atoms. The van der Waals surface area contributed by atoms with E-state index >= 15 is 0 Å². The standard InChI is InChI=1S/C20H20N2O3S2/c1-27(24,25)17-10-5-9-16(13-17)21-14-19(23)22-20(18-11-6-12-26-18)15-7-3-2-4-8-15/h2-13,20-21H,14H2,1H3,(H,22,23)/t20-/m0/s1. The van der Waals surface area contributed by atoms with Gasteiger partial charge in [-0.3, -0.25) is 4.79 Å². The lowest BCUT2D eigenvalue weighted by Crippen LogP contribution is -2.33. The van der Waals surface area contributed by atoms with E-state index in [9.17, 15) is 13.2 Å². The minimum absolute atomic E-state index is 0.0436. The molecule has 2 N–H and O–H groups in total. The molecular formula is C20H20N2O3S2. The summed E-state index contributed by atoms with van der Waals surface area (Å²) in [6.45, 7) is 0.0436. The molecule has 0 saturated carbocycles. The van der Waals surface area contributed by atoms with Crippen molar-refractivity contribution in [2.24, 2.45) is 0 Å². The maximum Gasteiger partial charge on any atom is 0.240 e. The van der Waals surface area contributed by atoms with Crippen LogP contribution in [0.1, 0.15) is 16.5 Å². The molecule has 0 spiro atoms. The number of amides is 1. The third-order valence-electron chi connectivity index (χ3n) is 3.98. The first-order valence-corrected chi connectivity index (χ1v) is 11.1. The second-order valence-electron chi connectivity index (χ2n) is 6.08. The Morgan fingerprint density at radius 1 is 1.04 bits per heavy atom. The van der Waals surface area contributed by atoms with Crippen LogP contribution in [-0.4, -0.2) is 27.1 Å². The van der Waals surface area contributed by atoms with Crippen molar-refractivity contribution in [1.29, 1.82) is 0 Å². The highest BCUT2D eigenvalue weighted by Gasteiger charge is 2.17. The Morgan fingerprint density at radius 3 is 2.48 bits per heavy atom. The molecule has 3 rings (SSSR count). The van der Waals surface area contributed by atoms with E-state index in [2.05, 4.69) is 10.6 Å². The molecule has 0 aliphatic carbocycles. The molecule has 0 unspecified atom stereocenters. The predicted octanol–water partition coefficient (Wildman–Crippen LogP) is 3.47. The lowest BCUT2D eigenvalue weighted by atomic mass is 10.1. The Morgan fingerprint density at radius 2 is 1.81 bits per heavy atom. The number of thiophene rings is 1. The monoisotopic (exact) mass is 400 g/mol. The fourth-order valence-electron chi connectivity index (χ4n) is 2.65. The Bertz CT molecular complexity index is 1000. The molecule has 0 aliphatic heterocycles. The van der Waals surface area contributed by atoms with Crippen LogP contribution in [0, 0.1) is 0 Å². The summed E-state index contributed by atoms with van der Waals surface area (Å²) in [5.41, 5.74) is 1.59. The summed E-state index contributed by atoms with van der Waals surface area (Å²) < 4.78 is 23.3. The first kappa shape index (κ1) is 19.1. The normalized spacial score (nSPS) is 12.3. The second kappa shape index (κ2) is 8.37. The number of carbonyl (C=O) groups is 1. The number of nitrogens with one attached hydrogen (secondary N) is 2. The number of hydrogen-bond donors (Lipinski definition) is 2. The van der Waals surface area contributed by atoms with Gasteiger partial charge >= 0.3 is 0 Å². The van der Waals surface area contributed by atoms with Crippen molar-refractivity contribution in [3.8, 4) is 0 Å². The third kappa shape index (κ3) is 5.18. The van der Waals surface area contributed by atoms with Crippen LogP contribution in [0.5, 0.6) is 0 Å². The van der Waals surface area contributed by atoms with Crippen LogP contribution in [0.25, 0.3) is 0 Å². The van der Waals surface area contributed by atoms with Crippen molar-refractivity contribution in [2.45, 2.75) is 10.9 Å². The van der Waals surface area contributed by atoms with Gasteiger partial charge in [0.05, 0.1) is 17.5 Å². The summed E-state index contributed by atoms with van der Waals surface area (Å²) in [5.74, 6) is -0.179. The van der Waals surface area contributed by atoms with Crippen LogP contribution < -0.4 is 10.6 Å². The quantitative estimate of drug-likeness (QED) is 0.637. The summed E-state index contributed by atoms with van der Waals surface area (Å²) in [7, 11) is -3.29. The largest absolute Gasteiger partial charge is 0.376 e. The number of carbonyl (C=O) groups excluding carboxylic acids is 1. The molecular weight excluding hydrogens is 380 g/mol. The maximum atomic E-state index is 12.5. The van der Waals surface area contributed by atoms with Gasteiger partial charge in [-0.05, 0) is 35.2 Å². The molecule has 1 aromatic heterocycles. The lowest BCUT2D eigenvalue weighted by Gasteiger charge is -2.18. The van der Waals surface area contributed by atoms with Gasteiger partial charge in [-0.2, -0.15) is 0 Å². The highest BCUT2D eigenvalue weighted by molar-refractivity contribution is 7.90. The van der Waals surface area contributed by atoms with Crippen LogP contribution in [0.15, 0.2) is 77.0 Å². The van der Waals surface area contributed by atoms with Crippen LogP contribution in [-0.2, 0) is 14.6 Å². The summed E-state index contributed by atoms with van der Waals surface area (Å²) in [6.07, 6.45) is 1.16. The molecule has 5 nitrogen and oxygen atoms in total. The van der Waals surface area contributed by atoms with Gasteiger partial charge in [-0.15, -0.1) is 11.3 Å². The van der Waals surface area contributed by atoms with Crippen LogP contribution >= 0.6 is 11.3 Å². The van der Waals surface area contributed by atoms with Crippen molar-refractivity contribution >= 4 is 32.8 Å². The number of hydrogen-bond acceptors (Lipinski definition) is 5. The molecule has 1 atom stereocenters. The smallest absolute Gasteiger partial charge is 0.240 e. The van der Waals surface area contributed by atoms with E-state index in [1.165, 1.54) is 12.1 Å². The minimum Gasteiger partial charge on any atom is -0.376 e. The number of benzene rings is 2. The van der Waals surface area contributed by atoms with Crippen molar-refractivity contribution < 1.29 is 13.2 Å². The fourth-order valence-corrected chi connectivity index (χ4v) is 4.12. The topological polar surface area (TPSA) is 75.3 Å². The van der Waals surface area contributed by atoms with Gasteiger partial charge in [0.15, 0.2) is 9.84 Å². The van der Waals surface area contributed by atoms with Gasteiger partial charge in [-0.1, -0.05) is 42.5 Å². The van der Waals surface area contributed by atoms with Crippen molar-refractivity contribution in [2.75, 3.05) is 18.1 Å². The highest BCUT2D eigenvalue weighted by Crippen LogP contribution is 2.25. The first-order valence-electron chi connectivity index (χ1n) is 8.35. The van der Waals surface area contributed by atoms with Crippen LogP contribution in [0.4, 0.5) is 5.69 Å². The predicted molar refractivity (Wildman–Crippen MR) is 109 cm³/mol. The van der Waals surface area contributed by atoms with E-state index in [-0.39, 0.29) is 23.4 Å². The molecule has 0 saturated heterocycles. The summed E-state index contributed by atoms with van der Waals surface area (Å²) in [5, 5.41) is 8.01. The van der Waals surface area contributed by atoms with E-state index in [0.29, 0.717) is 5.69 Å². The molecule has 0 radical (unpaired) electrons. The van der Waals surface area contributed by atoms with Crippen molar-refractivity contribution in [3.05, 3.63) is 82.6 Å². The highest BCUT2D eigenvalue weighted by atomic mass is 32.2. The summed E-state index contributed by atoms with van der Waals surface area (Å²) in [4.78, 5) is 13.8. The van der Waals surface area contributed by atoms with Gasteiger partial charge in [0, 0.05) is 16.8 Å². The summed E-state index contributed by atoms with van der Waals surface area (Å²) in [6, 6.07) is 19.9. The van der Waals surface area contributed by atoms with Gasteiger partial charge < -0.3 is 10.6 Å². The van der Waals surface area contributed by atoms with Gasteiger partial charge in [0.25, 0.3) is 0 Å². The van der Waals surface area contributed by atoms with Crippen molar-refractivity contribution in [3.63, 3.8) is 0 Å². The molecule has 2 aromatic carbocycles. The van der Waals surface area contributed by atoms with Crippen LogP contribution in [0.3, 0.4) is 0 Å². The Hall–Kier alpha value is -2.64. The van der Waals surface area contributed by atoms with E-state index < -0.39 is 9.84 Å². The fraction of sp³-hybridized carbons (Fsp3) is 0.150. The molecule has 7 heteroatoms. The number of rotatable bonds is 7. The Kier molecular flexibility index (Phi) is 5.93. The number of anilines is 1. The van der Waals surface area contributed by atoms with E-state index in [1.54, 1.807) is 23.5 Å². The maximum absolute atomic E-state index is 12.5. The lowest BCUT2D eigenvalue weighted by molar-refractivity contribution is -0.119. The molecule has 140 valence electrons. The zero-order valence-electron chi connectivity index (χ0n) is 14.8. The van der Waals surface area contributed by atoms with Crippen LogP contribution in [0.2, 0.25) is 0 Å². The van der Waals surface area contributed by atoms with Gasteiger partial charge in [0.1, 0.15) is 0 Å². The second-order valence-corrected chi connectivity index (χ2v) is 9.08.